The smallest absolute Gasteiger partial charge is 0.292 e. The van der Waals surface area contributed by atoms with E-state index in [1.807, 2.05) is 0 Å². The van der Waals surface area contributed by atoms with Crippen LogP contribution < -0.4 is 17.0 Å². The number of halogens is 2. The maximum Gasteiger partial charge on any atom is 0.356 e. The van der Waals surface area contributed by atoms with Crippen molar-refractivity contribution < 1.29 is 0 Å². The number of aryl methyl sites for hydroxylation is 1. The van der Waals surface area contributed by atoms with Gasteiger partial charge in [0.05, 0.1) is 15.7 Å². The van der Waals surface area contributed by atoms with E-state index in [9.17, 15) is 4.79 Å². The summed E-state index contributed by atoms with van der Waals surface area (Å²) >= 11 is 11.7. The third-order valence-corrected chi connectivity index (χ3v) is 4.23. The highest BCUT2D eigenvalue weighted by atomic mass is 35.5. The first kappa shape index (κ1) is 16.4. The molecular weight excluding hydrogens is 349 g/mol. The van der Waals surface area contributed by atoms with Gasteiger partial charge in [-0.1, -0.05) is 47.5 Å². The van der Waals surface area contributed by atoms with Crippen LogP contribution in [0.2, 0.25) is 10.0 Å². The van der Waals surface area contributed by atoms with E-state index in [4.69, 9.17) is 29.0 Å². The van der Waals surface area contributed by atoms with Gasteiger partial charge in [0, 0.05) is 0 Å². The van der Waals surface area contributed by atoms with Gasteiger partial charge >= 0.3 is 5.69 Å². The van der Waals surface area contributed by atoms with Crippen LogP contribution in [0.1, 0.15) is 5.82 Å². The molecule has 0 saturated carbocycles. The molecular formula is C16H13Cl2N5O. The fourth-order valence-corrected chi connectivity index (χ4v) is 2.45. The molecule has 1 aromatic heterocycles. The first-order chi connectivity index (χ1) is 11.5. The Labute approximate surface area is 147 Å². The Hall–Kier alpha value is -2.41. The van der Waals surface area contributed by atoms with Crippen LogP contribution in [0.15, 0.2) is 47.3 Å². The molecule has 24 heavy (non-hydrogen) atoms. The molecule has 0 radical (unpaired) electrons. The fourth-order valence-electron chi connectivity index (χ4n) is 2.16. The topological polar surface area (TPSA) is 85.8 Å². The maximum absolute atomic E-state index is 11.9. The summed E-state index contributed by atoms with van der Waals surface area (Å²) in [5.41, 5.74) is 5.11. The number of anilines is 1. The predicted molar refractivity (Wildman–Crippen MR) is 95.6 cm³/mol. The summed E-state index contributed by atoms with van der Waals surface area (Å²) in [6, 6.07) is 13.3. The second-order valence-corrected chi connectivity index (χ2v) is 5.85. The molecule has 0 spiro atoms. The van der Waals surface area contributed by atoms with Crippen molar-refractivity contribution >= 4 is 29.2 Å². The fraction of sp³-hybridized carbons (Fsp3) is 0.0625. The molecule has 8 heteroatoms. The molecule has 2 aliphatic rings. The van der Waals surface area contributed by atoms with Gasteiger partial charge in [-0.15, -0.1) is 0 Å². The van der Waals surface area contributed by atoms with Crippen molar-refractivity contribution in [1.82, 2.24) is 14.5 Å². The minimum atomic E-state index is -0.506. The summed E-state index contributed by atoms with van der Waals surface area (Å²) in [4.78, 5) is 19.5. The molecule has 122 valence electrons. The van der Waals surface area contributed by atoms with E-state index >= 15 is 0 Å². The molecule has 6 nitrogen and oxygen atoms in total. The highest BCUT2D eigenvalue weighted by Gasteiger charge is 2.09. The quantitative estimate of drug-likeness (QED) is 0.423. The van der Waals surface area contributed by atoms with Crippen molar-refractivity contribution in [2.45, 2.75) is 6.92 Å². The van der Waals surface area contributed by atoms with Crippen molar-refractivity contribution in [3.63, 3.8) is 0 Å². The van der Waals surface area contributed by atoms with Gasteiger partial charge < -0.3 is 0 Å². The monoisotopic (exact) mass is 361 g/mol. The SMILES string of the molecule is Cc1nc(NN)nc(=O)n1-c1ccc(Cl)c(Cl)c1.c1cc2ccc1-2. The molecule has 0 fully saturated rings. The first-order valence-corrected chi connectivity index (χ1v) is 7.75. The van der Waals surface area contributed by atoms with Crippen LogP contribution in [0.25, 0.3) is 16.8 Å². The van der Waals surface area contributed by atoms with E-state index in [1.165, 1.54) is 15.7 Å². The lowest BCUT2D eigenvalue weighted by Crippen LogP contribution is -2.27. The summed E-state index contributed by atoms with van der Waals surface area (Å²) in [5.74, 6) is 5.65. The Kier molecular flexibility index (Phi) is 4.53. The van der Waals surface area contributed by atoms with E-state index in [0.29, 0.717) is 21.6 Å². The molecule has 2 aromatic rings. The average molecular weight is 362 g/mol. The summed E-state index contributed by atoms with van der Waals surface area (Å²) in [6.45, 7) is 1.66. The van der Waals surface area contributed by atoms with Crippen LogP contribution in [0, 0.1) is 6.92 Å². The Morgan fingerprint density at radius 1 is 1.00 bits per heavy atom. The van der Waals surface area contributed by atoms with E-state index < -0.39 is 5.69 Å². The third kappa shape index (κ3) is 3.12. The second kappa shape index (κ2) is 6.60. The number of fused-ring (bicyclic) bond motifs is 1. The number of rotatable bonds is 2. The number of hydrogen-bond donors (Lipinski definition) is 2. The zero-order valence-electron chi connectivity index (χ0n) is 12.6. The normalized spacial score (nSPS) is 10.7. The van der Waals surface area contributed by atoms with Gasteiger partial charge in [0.1, 0.15) is 5.82 Å². The summed E-state index contributed by atoms with van der Waals surface area (Å²) in [5, 5.41) is 0.758. The Morgan fingerprint density at radius 3 is 2.04 bits per heavy atom. The average Bonchev–Trinajstić information content (AvgIpc) is 2.54. The Balaban J connectivity index is 0.000000231. The lowest BCUT2D eigenvalue weighted by atomic mass is 9.95. The number of nitrogens with zero attached hydrogens (tertiary/aromatic N) is 3. The van der Waals surface area contributed by atoms with Gasteiger partial charge in [-0.05, 0) is 36.2 Å². The van der Waals surface area contributed by atoms with Crippen molar-refractivity contribution in [3.05, 3.63) is 68.8 Å². The highest BCUT2D eigenvalue weighted by molar-refractivity contribution is 6.42. The zero-order chi connectivity index (χ0) is 17.3. The summed E-state index contributed by atoms with van der Waals surface area (Å²) < 4.78 is 1.31. The molecule has 2 aliphatic carbocycles. The molecule has 4 rings (SSSR count). The van der Waals surface area contributed by atoms with Gasteiger partial charge in [0.25, 0.3) is 0 Å². The lowest BCUT2D eigenvalue weighted by molar-refractivity contribution is 0.811. The molecule has 0 aliphatic heterocycles. The number of benzene rings is 2. The van der Waals surface area contributed by atoms with E-state index in [-0.39, 0.29) is 5.95 Å². The van der Waals surface area contributed by atoms with Crippen LogP contribution >= 0.6 is 23.2 Å². The molecule has 0 amide bonds. The second-order valence-electron chi connectivity index (χ2n) is 5.03. The predicted octanol–water partition coefficient (Wildman–Crippen LogP) is 3.20. The van der Waals surface area contributed by atoms with E-state index in [2.05, 4.69) is 39.7 Å². The van der Waals surface area contributed by atoms with E-state index in [1.54, 1.807) is 25.1 Å². The zero-order valence-corrected chi connectivity index (χ0v) is 14.1. The van der Waals surface area contributed by atoms with Gasteiger partial charge in [-0.2, -0.15) is 9.97 Å². The van der Waals surface area contributed by atoms with Crippen LogP contribution in [0.3, 0.4) is 0 Å². The maximum atomic E-state index is 11.9. The molecule has 1 aromatic carbocycles. The number of hydrogen-bond acceptors (Lipinski definition) is 5. The Bertz CT molecular complexity index is 933. The van der Waals surface area contributed by atoms with Gasteiger partial charge in [0.15, 0.2) is 0 Å². The number of nitrogens with two attached hydrogens (primary N) is 1. The number of hydrazine groups is 1. The molecule has 1 heterocycles. The van der Waals surface area contributed by atoms with Crippen LogP contribution in [0.5, 0.6) is 0 Å². The van der Waals surface area contributed by atoms with Crippen molar-refractivity contribution in [1.29, 1.82) is 0 Å². The largest absolute Gasteiger partial charge is 0.356 e. The van der Waals surface area contributed by atoms with Gasteiger partial charge in [-0.25, -0.2) is 15.2 Å². The molecule has 0 bridgehead atoms. The van der Waals surface area contributed by atoms with Crippen molar-refractivity contribution in [2.75, 3.05) is 5.43 Å². The first-order valence-electron chi connectivity index (χ1n) is 7.00. The molecule has 0 unspecified atom stereocenters. The number of aromatic nitrogens is 3. The van der Waals surface area contributed by atoms with Crippen molar-refractivity contribution in [2.24, 2.45) is 5.84 Å². The van der Waals surface area contributed by atoms with Crippen LogP contribution in [-0.2, 0) is 0 Å². The highest BCUT2D eigenvalue weighted by Crippen LogP contribution is 2.29. The minimum Gasteiger partial charge on any atom is -0.292 e. The molecule has 0 saturated heterocycles. The third-order valence-electron chi connectivity index (χ3n) is 3.49. The summed E-state index contributed by atoms with van der Waals surface area (Å²) in [7, 11) is 0. The molecule has 0 atom stereocenters. The van der Waals surface area contributed by atoms with E-state index in [0.717, 1.165) is 0 Å². The van der Waals surface area contributed by atoms with Crippen LogP contribution in [-0.4, -0.2) is 14.5 Å². The summed E-state index contributed by atoms with van der Waals surface area (Å²) in [6.07, 6.45) is 0. The number of nitrogen functional groups attached to an aromatic ring is 1. The van der Waals surface area contributed by atoms with Gasteiger partial charge in [-0.3, -0.25) is 5.43 Å². The minimum absolute atomic E-state index is 0.0637. The van der Waals surface area contributed by atoms with Crippen molar-refractivity contribution in [3.8, 4) is 16.8 Å². The number of nitrogens with one attached hydrogen (secondary N) is 1. The molecule has 3 N–H and O–H groups in total. The van der Waals surface area contributed by atoms with Crippen LogP contribution in [0.4, 0.5) is 5.95 Å². The van der Waals surface area contributed by atoms with Gasteiger partial charge in [0.2, 0.25) is 5.95 Å². The lowest BCUT2D eigenvalue weighted by Gasteiger charge is -2.10. The standard InChI is InChI=1S/C10H9Cl2N5O.C6H4/c1-5-14-9(16-13)15-10(18)17(5)6-2-3-7(11)8(12)4-6;1-2-6-4-3-5(1)6/h2-4H,13H2,1H3,(H,15,16,18);1-4H. The Morgan fingerprint density at radius 2 is 1.62 bits per heavy atom.